The van der Waals surface area contributed by atoms with Crippen molar-refractivity contribution in [2.45, 2.75) is 31.8 Å². The first-order chi connectivity index (χ1) is 17.5. The van der Waals surface area contributed by atoms with E-state index in [1.807, 2.05) is 54.3 Å². The van der Waals surface area contributed by atoms with Crippen LogP contribution in [0.25, 0.3) is 21.8 Å². The smallest absolute Gasteiger partial charge is 0.277 e. The Hall–Kier alpha value is -3.97. The Balaban J connectivity index is 1.34. The third-order valence-corrected chi connectivity index (χ3v) is 7.50. The topological polar surface area (TPSA) is 83.9 Å². The van der Waals surface area contributed by atoms with Crippen LogP contribution in [0, 0.1) is 0 Å². The van der Waals surface area contributed by atoms with Crippen LogP contribution in [0.3, 0.4) is 0 Å². The fourth-order valence-corrected chi connectivity index (χ4v) is 5.60. The van der Waals surface area contributed by atoms with Crippen molar-refractivity contribution in [3.8, 4) is 0 Å². The maximum absolute atomic E-state index is 13.6. The second-order valence-corrected chi connectivity index (χ2v) is 9.59. The minimum absolute atomic E-state index is 0.0503. The highest BCUT2D eigenvalue weighted by Crippen LogP contribution is 2.44. The summed E-state index contributed by atoms with van der Waals surface area (Å²) in [6.07, 6.45) is 0.141. The molecule has 1 amide bonds. The average Bonchev–Trinajstić information content (AvgIpc) is 3.30. The Morgan fingerprint density at radius 2 is 1.75 bits per heavy atom. The third kappa shape index (κ3) is 3.67. The molecule has 0 saturated heterocycles. The van der Waals surface area contributed by atoms with Crippen molar-refractivity contribution in [3.05, 3.63) is 105 Å². The predicted molar refractivity (Wildman–Crippen MR) is 140 cm³/mol. The molecule has 2 unspecified atom stereocenters. The summed E-state index contributed by atoms with van der Waals surface area (Å²) in [5.41, 5.74) is 4.54. The minimum atomic E-state index is -0.244. The summed E-state index contributed by atoms with van der Waals surface area (Å²) in [6, 6.07) is 23.0. The van der Waals surface area contributed by atoms with E-state index in [4.69, 9.17) is 11.6 Å². The monoisotopic (exact) mass is 497 g/mol. The molecule has 1 N–H and O–H groups in total. The van der Waals surface area contributed by atoms with Crippen LogP contribution in [0.5, 0.6) is 0 Å². The van der Waals surface area contributed by atoms with Gasteiger partial charge in [-0.15, -0.1) is 5.10 Å². The molecule has 3 aromatic carbocycles. The van der Waals surface area contributed by atoms with Gasteiger partial charge in [-0.3, -0.25) is 9.59 Å². The van der Waals surface area contributed by atoms with Crippen molar-refractivity contribution >= 4 is 39.3 Å². The number of rotatable bonds is 4. The van der Waals surface area contributed by atoms with Crippen LogP contribution in [0.15, 0.2) is 77.6 Å². The second kappa shape index (κ2) is 8.91. The number of nitrogens with zero attached hydrogens (tertiary/aromatic N) is 4. The van der Waals surface area contributed by atoms with Gasteiger partial charge in [0.15, 0.2) is 0 Å². The Labute approximate surface area is 212 Å². The number of aromatic nitrogens is 4. The van der Waals surface area contributed by atoms with Crippen molar-refractivity contribution in [1.29, 1.82) is 0 Å². The Morgan fingerprint density at radius 1 is 1.03 bits per heavy atom. The third-order valence-electron chi connectivity index (χ3n) is 7.16. The van der Waals surface area contributed by atoms with Gasteiger partial charge in [-0.05, 0) is 42.3 Å². The summed E-state index contributed by atoms with van der Waals surface area (Å²) in [5, 5.41) is 10.5. The molecular weight excluding hydrogens is 474 g/mol. The quantitative estimate of drug-likeness (QED) is 0.376. The fourth-order valence-electron chi connectivity index (χ4n) is 5.34. The summed E-state index contributed by atoms with van der Waals surface area (Å²) in [7, 11) is 0. The number of nitrogens with one attached hydrogen (secondary N) is 1. The number of aryl methyl sites for hydroxylation is 1. The predicted octanol–water partition coefficient (Wildman–Crippen LogP) is 5.05. The van der Waals surface area contributed by atoms with E-state index >= 15 is 0 Å². The lowest BCUT2D eigenvalue weighted by Crippen LogP contribution is -2.42. The number of carbonyl (C=O) groups excluding carboxylic acids is 1. The van der Waals surface area contributed by atoms with E-state index in [0.29, 0.717) is 22.5 Å². The standard InChI is InChI=1S/C28H24ClN5O2/c1-17-27-26(19-9-3-6-12-23(19)30-27)21(18-8-2-5-11-22(18)29)16-33(17)25(35)14-15-34-28(36)20-10-4-7-13-24(20)31-32-34/h2-13,17,21,30H,14-16H2,1H3. The van der Waals surface area contributed by atoms with E-state index in [1.165, 1.54) is 10.2 Å². The highest BCUT2D eigenvalue weighted by molar-refractivity contribution is 6.31. The van der Waals surface area contributed by atoms with Gasteiger partial charge in [0.25, 0.3) is 5.56 Å². The number of amides is 1. The van der Waals surface area contributed by atoms with Crippen LogP contribution in [0.2, 0.25) is 5.02 Å². The number of benzene rings is 3. The molecule has 180 valence electrons. The van der Waals surface area contributed by atoms with E-state index in [-0.39, 0.29) is 36.4 Å². The minimum Gasteiger partial charge on any atom is -0.356 e. The summed E-state index contributed by atoms with van der Waals surface area (Å²) < 4.78 is 1.27. The van der Waals surface area contributed by atoms with Gasteiger partial charge in [0, 0.05) is 40.5 Å². The van der Waals surface area contributed by atoms with Gasteiger partial charge in [0.05, 0.1) is 18.0 Å². The molecule has 0 saturated carbocycles. The van der Waals surface area contributed by atoms with E-state index in [2.05, 4.69) is 27.4 Å². The van der Waals surface area contributed by atoms with Gasteiger partial charge in [-0.2, -0.15) is 0 Å². The SMILES string of the molecule is CC1c2[nH]c3ccccc3c2C(c2ccccc2Cl)CN1C(=O)CCn1nnc2ccccc2c1=O. The molecule has 0 aliphatic carbocycles. The van der Waals surface area contributed by atoms with Crippen molar-refractivity contribution in [2.75, 3.05) is 6.54 Å². The van der Waals surface area contributed by atoms with Gasteiger partial charge in [-0.1, -0.05) is 65.3 Å². The molecule has 3 heterocycles. The van der Waals surface area contributed by atoms with E-state index < -0.39 is 0 Å². The number of hydrogen-bond donors (Lipinski definition) is 1. The normalized spacial score (nSPS) is 17.4. The Kier molecular flexibility index (Phi) is 5.57. The van der Waals surface area contributed by atoms with Crippen LogP contribution in [-0.2, 0) is 11.3 Å². The highest BCUT2D eigenvalue weighted by atomic mass is 35.5. The van der Waals surface area contributed by atoms with Crippen molar-refractivity contribution in [2.24, 2.45) is 0 Å². The molecule has 6 rings (SSSR count). The number of H-pyrrole nitrogens is 1. The fraction of sp³-hybridized carbons (Fsp3) is 0.214. The number of carbonyl (C=O) groups is 1. The zero-order valence-corrected chi connectivity index (χ0v) is 20.4. The first-order valence-corrected chi connectivity index (χ1v) is 12.4. The van der Waals surface area contributed by atoms with Crippen LogP contribution in [0.4, 0.5) is 0 Å². The van der Waals surface area contributed by atoms with Gasteiger partial charge in [0.1, 0.15) is 5.52 Å². The molecule has 0 spiro atoms. The zero-order chi connectivity index (χ0) is 24.8. The first kappa shape index (κ1) is 22.5. The first-order valence-electron chi connectivity index (χ1n) is 12.0. The molecule has 5 aromatic rings. The molecule has 0 bridgehead atoms. The van der Waals surface area contributed by atoms with Crippen molar-refractivity contribution < 1.29 is 4.79 Å². The summed E-state index contributed by atoms with van der Waals surface area (Å²) >= 11 is 6.65. The molecule has 0 radical (unpaired) electrons. The van der Waals surface area contributed by atoms with Crippen LogP contribution >= 0.6 is 11.6 Å². The average molecular weight is 498 g/mol. The van der Waals surface area contributed by atoms with Crippen molar-refractivity contribution in [1.82, 2.24) is 24.9 Å². The lowest BCUT2D eigenvalue weighted by Gasteiger charge is -2.39. The molecule has 1 aliphatic rings. The Morgan fingerprint density at radius 3 is 2.58 bits per heavy atom. The number of hydrogen-bond acceptors (Lipinski definition) is 4. The van der Waals surface area contributed by atoms with Gasteiger partial charge < -0.3 is 9.88 Å². The van der Waals surface area contributed by atoms with Crippen molar-refractivity contribution in [3.63, 3.8) is 0 Å². The summed E-state index contributed by atoms with van der Waals surface area (Å²) in [6.45, 7) is 2.70. The van der Waals surface area contributed by atoms with E-state index in [9.17, 15) is 9.59 Å². The number of halogens is 1. The maximum Gasteiger partial charge on any atom is 0.277 e. The zero-order valence-electron chi connectivity index (χ0n) is 19.7. The lowest BCUT2D eigenvalue weighted by atomic mass is 9.83. The van der Waals surface area contributed by atoms with Gasteiger partial charge in [0.2, 0.25) is 5.91 Å². The summed E-state index contributed by atoms with van der Waals surface area (Å²) in [5.74, 6) is -0.126. The van der Waals surface area contributed by atoms with Crippen LogP contribution in [-0.4, -0.2) is 37.3 Å². The number of aromatic amines is 1. The van der Waals surface area contributed by atoms with E-state index in [0.717, 1.165) is 22.2 Å². The van der Waals surface area contributed by atoms with Crippen LogP contribution in [0.1, 0.15) is 42.1 Å². The number of fused-ring (bicyclic) bond motifs is 4. The van der Waals surface area contributed by atoms with Gasteiger partial charge >= 0.3 is 0 Å². The van der Waals surface area contributed by atoms with Crippen LogP contribution < -0.4 is 5.56 Å². The molecule has 7 nitrogen and oxygen atoms in total. The van der Waals surface area contributed by atoms with Gasteiger partial charge in [-0.25, -0.2) is 4.68 Å². The molecule has 1 aliphatic heterocycles. The summed E-state index contributed by atoms with van der Waals surface area (Å²) in [4.78, 5) is 31.8. The molecular formula is C28H24ClN5O2. The second-order valence-electron chi connectivity index (χ2n) is 9.18. The molecule has 8 heteroatoms. The molecule has 2 aromatic heterocycles. The van der Waals surface area contributed by atoms with E-state index in [1.54, 1.807) is 18.2 Å². The largest absolute Gasteiger partial charge is 0.356 e. The molecule has 36 heavy (non-hydrogen) atoms. The molecule has 0 fully saturated rings. The number of para-hydroxylation sites is 1. The highest BCUT2D eigenvalue weighted by Gasteiger charge is 2.37. The Bertz CT molecular complexity index is 1670. The molecule has 2 atom stereocenters. The lowest BCUT2D eigenvalue weighted by molar-refractivity contribution is -0.134. The maximum atomic E-state index is 13.6.